The maximum absolute atomic E-state index is 12.2. The van der Waals surface area contributed by atoms with E-state index in [-0.39, 0.29) is 12.5 Å². The van der Waals surface area contributed by atoms with E-state index in [0.29, 0.717) is 4.88 Å². The molecule has 1 aromatic heterocycles. The van der Waals surface area contributed by atoms with E-state index in [0.717, 1.165) is 41.6 Å². The zero-order chi connectivity index (χ0) is 21.4. The number of amides is 2. The van der Waals surface area contributed by atoms with Gasteiger partial charge in [-0.25, -0.2) is 4.79 Å². The van der Waals surface area contributed by atoms with Crippen LogP contribution in [0.3, 0.4) is 0 Å². The molecule has 6 nitrogen and oxygen atoms in total. The van der Waals surface area contributed by atoms with Crippen molar-refractivity contribution < 1.29 is 19.1 Å². The van der Waals surface area contributed by atoms with Gasteiger partial charge in [-0.2, -0.15) is 0 Å². The van der Waals surface area contributed by atoms with Gasteiger partial charge in [0, 0.05) is 10.6 Å². The van der Waals surface area contributed by atoms with E-state index in [1.807, 2.05) is 45.0 Å². The minimum absolute atomic E-state index is 0.191. The maximum Gasteiger partial charge on any atom is 0.348 e. The lowest BCUT2D eigenvalue weighted by Crippen LogP contribution is -2.35. The molecule has 0 saturated carbocycles. The Hall–Kier alpha value is -2.67. The predicted molar refractivity (Wildman–Crippen MR) is 116 cm³/mol. The standard InChI is InChI=1S/C22H28N2O4S/c1-5-8-17-16(6-2)11-18(29-17)22(27)28-13-20(26)23-12-19(25)24-21-14(3)9-7-10-15(21)4/h7,9-11H,5-6,8,12-13H2,1-4H3,(H,23,26)(H,24,25). The van der Waals surface area contributed by atoms with Gasteiger partial charge >= 0.3 is 5.97 Å². The van der Waals surface area contributed by atoms with Crippen LogP contribution in [0.5, 0.6) is 0 Å². The van der Waals surface area contributed by atoms with Crippen molar-refractivity contribution in [2.45, 2.75) is 47.0 Å². The summed E-state index contributed by atoms with van der Waals surface area (Å²) in [5.74, 6) is -1.37. The third kappa shape index (κ3) is 6.42. The summed E-state index contributed by atoms with van der Waals surface area (Å²) in [5, 5.41) is 5.26. The molecule has 29 heavy (non-hydrogen) atoms. The molecule has 2 N–H and O–H groups in total. The number of para-hydroxylation sites is 1. The molecule has 2 rings (SSSR count). The highest BCUT2D eigenvalue weighted by molar-refractivity contribution is 7.14. The van der Waals surface area contributed by atoms with E-state index in [9.17, 15) is 14.4 Å². The number of benzene rings is 1. The molecule has 2 aromatic rings. The smallest absolute Gasteiger partial charge is 0.348 e. The molecule has 0 unspecified atom stereocenters. The van der Waals surface area contributed by atoms with Gasteiger partial charge in [0.15, 0.2) is 6.61 Å². The number of aryl methyl sites for hydroxylation is 4. The molecule has 2 amide bonds. The largest absolute Gasteiger partial charge is 0.451 e. The van der Waals surface area contributed by atoms with Gasteiger partial charge in [0.2, 0.25) is 5.91 Å². The first kappa shape index (κ1) is 22.6. The number of esters is 1. The highest BCUT2D eigenvalue weighted by atomic mass is 32.1. The topological polar surface area (TPSA) is 84.5 Å². The monoisotopic (exact) mass is 416 g/mol. The van der Waals surface area contributed by atoms with Crippen LogP contribution in [0.1, 0.15) is 51.5 Å². The molecule has 1 aromatic carbocycles. The van der Waals surface area contributed by atoms with Crippen LogP contribution in [0.25, 0.3) is 0 Å². The van der Waals surface area contributed by atoms with Crippen molar-refractivity contribution in [2.24, 2.45) is 0 Å². The van der Waals surface area contributed by atoms with E-state index in [1.165, 1.54) is 16.2 Å². The van der Waals surface area contributed by atoms with Gasteiger partial charge in [-0.05, 0) is 49.4 Å². The van der Waals surface area contributed by atoms with Crippen molar-refractivity contribution in [3.05, 3.63) is 50.7 Å². The minimum atomic E-state index is -0.518. The second-order valence-corrected chi connectivity index (χ2v) is 7.97. The summed E-state index contributed by atoms with van der Waals surface area (Å²) in [5.41, 5.74) is 3.79. The number of hydrogen-bond acceptors (Lipinski definition) is 5. The SMILES string of the molecule is CCCc1sc(C(=O)OCC(=O)NCC(=O)Nc2c(C)cccc2C)cc1CC. The highest BCUT2D eigenvalue weighted by Gasteiger charge is 2.16. The molecule has 0 fully saturated rings. The summed E-state index contributed by atoms with van der Waals surface area (Å²) in [6, 6.07) is 7.56. The summed E-state index contributed by atoms with van der Waals surface area (Å²) in [4.78, 5) is 37.9. The second-order valence-electron chi connectivity index (χ2n) is 6.83. The Morgan fingerprint density at radius 3 is 2.38 bits per heavy atom. The predicted octanol–water partition coefficient (Wildman–Crippen LogP) is 3.79. The van der Waals surface area contributed by atoms with Crippen LogP contribution in [0, 0.1) is 13.8 Å². The third-order valence-electron chi connectivity index (χ3n) is 4.48. The molecule has 7 heteroatoms. The fourth-order valence-corrected chi connectivity index (χ4v) is 4.18. The lowest BCUT2D eigenvalue weighted by Gasteiger charge is -2.12. The van der Waals surface area contributed by atoms with Crippen LogP contribution in [0.2, 0.25) is 0 Å². The quantitative estimate of drug-likeness (QED) is 0.609. The number of carbonyl (C=O) groups is 3. The molecule has 0 aliphatic heterocycles. The number of carbonyl (C=O) groups excluding carboxylic acids is 3. The number of nitrogens with one attached hydrogen (secondary N) is 2. The minimum Gasteiger partial charge on any atom is -0.451 e. The summed E-state index contributed by atoms with van der Waals surface area (Å²) in [6.07, 6.45) is 2.79. The van der Waals surface area contributed by atoms with E-state index >= 15 is 0 Å². The third-order valence-corrected chi connectivity index (χ3v) is 5.70. The summed E-state index contributed by atoms with van der Waals surface area (Å²) < 4.78 is 5.10. The molecular weight excluding hydrogens is 388 g/mol. The zero-order valence-electron chi connectivity index (χ0n) is 17.4. The number of hydrogen-bond donors (Lipinski definition) is 2. The summed E-state index contributed by atoms with van der Waals surface area (Å²) >= 11 is 1.42. The van der Waals surface area contributed by atoms with Crippen molar-refractivity contribution in [3.8, 4) is 0 Å². The van der Waals surface area contributed by atoms with Gasteiger partial charge < -0.3 is 15.4 Å². The molecule has 0 saturated heterocycles. The highest BCUT2D eigenvalue weighted by Crippen LogP contribution is 2.25. The Bertz CT molecular complexity index is 869. The van der Waals surface area contributed by atoms with E-state index in [2.05, 4.69) is 17.6 Å². The fourth-order valence-electron chi connectivity index (χ4n) is 2.93. The van der Waals surface area contributed by atoms with Crippen molar-refractivity contribution in [1.29, 1.82) is 0 Å². The van der Waals surface area contributed by atoms with E-state index < -0.39 is 18.5 Å². The first-order valence-corrected chi connectivity index (χ1v) is 10.6. The average Bonchev–Trinajstić information content (AvgIpc) is 3.11. The fraction of sp³-hybridized carbons (Fsp3) is 0.409. The number of ether oxygens (including phenoxy) is 1. The Kier molecular flexibility index (Phi) is 8.39. The Labute approximate surface area is 175 Å². The lowest BCUT2D eigenvalue weighted by molar-refractivity contribution is -0.126. The zero-order valence-corrected chi connectivity index (χ0v) is 18.2. The number of anilines is 1. The molecule has 0 spiro atoms. The molecule has 0 radical (unpaired) electrons. The molecule has 1 heterocycles. The van der Waals surface area contributed by atoms with Gasteiger partial charge in [-0.15, -0.1) is 11.3 Å². The van der Waals surface area contributed by atoms with Crippen molar-refractivity contribution in [1.82, 2.24) is 5.32 Å². The van der Waals surface area contributed by atoms with E-state index in [1.54, 1.807) is 0 Å². The van der Waals surface area contributed by atoms with Gasteiger partial charge in [0.25, 0.3) is 5.91 Å². The molecule has 0 aliphatic rings. The van der Waals surface area contributed by atoms with Crippen LogP contribution < -0.4 is 10.6 Å². The van der Waals surface area contributed by atoms with Crippen molar-refractivity contribution in [3.63, 3.8) is 0 Å². The Morgan fingerprint density at radius 2 is 1.76 bits per heavy atom. The maximum atomic E-state index is 12.2. The molecular formula is C22H28N2O4S. The van der Waals surface area contributed by atoms with Crippen LogP contribution in [-0.4, -0.2) is 30.9 Å². The molecule has 156 valence electrons. The normalized spacial score (nSPS) is 10.5. The first-order chi connectivity index (χ1) is 13.8. The van der Waals surface area contributed by atoms with Crippen LogP contribution in [-0.2, 0) is 27.2 Å². The Morgan fingerprint density at radius 1 is 1.07 bits per heavy atom. The summed E-state index contributed by atoms with van der Waals surface area (Å²) in [6.45, 7) is 7.34. The van der Waals surface area contributed by atoms with Gasteiger partial charge in [0.1, 0.15) is 4.88 Å². The van der Waals surface area contributed by atoms with Crippen molar-refractivity contribution >= 4 is 34.8 Å². The lowest BCUT2D eigenvalue weighted by atomic mass is 10.1. The van der Waals surface area contributed by atoms with Gasteiger partial charge in [-0.1, -0.05) is 38.5 Å². The van der Waals surface area contributed by atoms with Crippen molar-refractivity contribution in [2.75, 3.05) is 18.5 Å². The molecule has 0 aliphatic carbocycles. The number of thiophene rings is 1. The van der Waals surface area contributed by atoms with E-state index in [4.69, 9.17) is 4.74 Å². The molecule has 0 atom stereocenters. The second kappa shape index (κ2) is 10.8. The first-order valence-electron chi connectivity index (χ1n) is 9.77. The van der Waals surface area contributed by atoms with Crippen LogP contribution in [0.4, 0.5) is 5.69 Å². The van der Waals surface area contributed by atoms with Crippen LogP contribution in [0.15, 0.2) is 24.3 Å². The Balaban J connectivity index is 1.81. The van der Waals surface area contributed by atoms with Gasteiger partial charge in [0.05, 0.1) is 6.54 Å². The van der Waals surface area contributed by atoms with Gasteiger partial charge in [-0.3, -0.25) is 9.59 Å². The summed E-state index contributed by atoms with van der Waals surface area (Å²) in [7, 11) is 0. The van der Waals surface area contributed by atoms with Crippen LogP contribution >= 0.6 is 11.3 Å². The molecule has 0 bridgehead atoms. The average molecular weight is 417 g/mol. The number of rotatable bonds is 9.